The maximum absolute atomic E-state index is 13.0. The van der Waals surface area contributed by atoms with Crippen molar-refractivity contribution in [3.8, 4) is 0 Å². The summed E-state index contributed by atoms with van der Waals surface area (Å²) < 4.78 is 0. The normalized spacial score (nSPS) is 12.6. The van der Waals surface area contributed by atoms with E-state index in [1.54, 1.807) is 36.5 Å². The van der Waals surface area contributed by atoms with Gasteiger partial charge in [-0.05, 0) is 47.7 Å². The van der Waals surface area contributed by atoms with E-state index in [0.717, 1.165) is 16.7 Å². The van der Waals surface area contributed by atoms with Crippen LogP contribution in [0.5, 0.6) is 0 Å². The third-order valence-corrected chi connectivity index (χ3v) is 6.03. The first-order valence-corrected chi connectivity index (χ1v) is 11.6. The number of aromatic nitrogens is 1. The molecule has 0 aliphatic carbocycles. The van der Waals surface area contributed by atoms with Gasteiger partial charge in [-0.15, -0.1) is 0 Å². The van der Waals surface area contributed by atoms with E-state index in [1.807, 2.05) is 30.3 Å². The maximum atomic E-state index is 13.0. The van der Waals surface area contributed by atoms with E-state index in [4.69, 9.17) is 34.7 Å². The molecule has 0 aliphatic heterocycles. The van der Waals surface area contributed by atoms with Gasteiger partial charge in [0.15, 0.2) is 0 Å². The summed E-state index contributed by atoms with van der Waals surface area (Å²) in [6, 6.07) is 16.7. The lowest BCUT2D eigenvalue weighted by Gasteiger charge is -2.21. The molecule has 0 aliphatic rings. The number of nitrogen functional groups attached to an aromatic ring is 1. The van der Waals surface area contributed by atoms with E-state index in [0.29, 0.717) is 28.7 Å². The van der Waals surface area contributed by atoms with Crippen LogP contribution in [0.3, 0.4) is 0 Å². The molecule has 3 rings (SSSR count). The molecular weight excluding hydrogens is 473 g/mol. The summed E-state index contributed by atoms with van der Waals surface area (Å²) in [6.45, 7) is 0.236. The smallest absolute Gasteiger partial charge is 0.243 e. The van der Waals surface area contributed by atoms with Crippen LogP contribution in [-0.2, 0) is 29.0 Å². The van der Waals surface area contributed by atoms with E-state index in [9.17, 15) is 9.59 Å². The van der Waals surface area contributed by atoms with Gasteiger partial charge < -0.3 is 22.1 Å². The summed E-state index contributed by atoms with van der Waals surface area (Å²) in [7, 11) is 0. The van der Waals surface area contributed by atoms with Crippen LogP contribution in [0, 0.1) is 0 Å². The van der Waals surface area contributed by atoms with E-state index < -0.39 is 18.0 Å². The molecule has 34 heavy (non-hydrogen) atoms. The first-order valence-electron chi connectivity index (χ1n) is 10.8. The molecule has 0 saturated heterocycles. The Morgan fingerprint density at radius 2 is 1.65 bits per heavy atom. The number of rotatable bonds is 10. The molecule has 6 N–H and O–H groups in total. The molecule has 0 saturated carbocycles. The zero-order chi connectivity index (χ0) is 24.5. The second-order valence-corrected chi connectivity index (χ2v) is 8.77. The Morgan fingerprint density at radius 1 is 0.912 bits per heavy atom. The number of aryl methyl sites for hydroxylation is 1. The highest BCUT2D eigenvalue weighted by Gasteiger charge is 2.24. The van der Waals surface area contributed by atoms with Crippen molar-refractivity contribution in [1.82, 2.24) is 15.6 Å². The molecule has 0 fully saturated rings. The molecule has 0 bridgehead atoms. The quantitative estimate of drug-likeness (QED) is 0.340. The summed E-state index contributed by atoms with van der Waals surface area (Å²) >= 11 is 12.1. The second kappa shape index (κ2) is 12.4. The van der Waals surface area contributed by atoms with Crippen molar-refractivity contribution < 1.29 is 9.59 Å². The molecule has 2 amide bonds. The van der Waals surface area contributed by atoms with Crippen LogP contribution in [-0.4, -0.2) is 28.9 Å². The predicted octanol–water partition coefficient (Wildman–Crippen LogP) is 3.27. The number of nitrogens with zero attached hydrogens (tertiary/aromatic N) is 1. The number of halogens is 2. The third-order valence-electron chi connectivity index (χ3n) is 5.29. The summed E-state index contributed by atoms with van der Waals surface area (Å²) in [5, 5.41) is 6.41. The van der Waals surface area contributed by atoms with Crippen LogP contribution in [0.15, 0.2) is 66.9 Å². The highest BCUT2D eigenvalue weighted by molar-refractivity contribution is 6.42. The van der Waals surface area contributed by atoms with E-state index >= 15 is 0 Å². The van der Waals surface area contributed by atoms with Crippen LogP contribution >= 0.6 is 23.2 Å². The number of carbonyl (C=O) groups is 2. The van der Waals surface area contributed by atoms with Gasteiger partial charge in [0.2, 0.25) is 11.8 Å². The molecule has 2 atom stereocenters. The van der Waals surface area contributed by atoms with Crippen molar-refractivity contribution in [2.75, 3.05) is 5.73 Å². The number of amides is 2. The standard InChI is InChI=1S/C25H27Cl2N5O2/c26-19-9-6-17(12-20(19)27)13-22(25(34)31-15-18-8-11-23(29)30-14-18)32-24(33)21(28)10-7-16-4-2-1-3-5-16/h1-6,8-9,11-12,14,21-22H,7,10,13,15,28H2,(H2,29,30)(H,31,34)(H,32,33)/t21-,22+/m0/s1. The first kappa shape index (κ1) is 25.5. The molecule has 1 aromatic heterocycles. The van der Waals surface area contributed by atoms with Crippen molar-refractivity contribution >= 4 is 40.8 Å². The minimum Gasteiger partial charge on any atom is -0.384 e. The molecule has 0 radical (unpaired) electrons. The minimum absolute atomic E-state index is 0.222. The Morgan fingerprint density at radius 3 is 2.32 bits per heavy atom. The summed E-state index contributed by atoms with van der Waals surface area (Å²) in [4.78, 5) is 29.8. The Kier molecular flexibility index (Phi) is 9.27. The Bertz CT molecular complexity index is 1110. The van der Waals surface area contributed by atoms with Gasteiger partial charge in [0.05, 0.1) is 16.1 Å². The fraction of sp³-hybridized carbons (Fsp3) is 0.240. The highest BCUT2D eigenvalue weighted by atomic mass is 35.5. The molecule has 3 aromatic rings. The van der Waals surface area contributed by atoms with Crippen LogP contribution in [0.4, 0.5) is 5.82 Å². The van der Waals surface area contributed by atoms with Gasteiger partial charge in [0.1, 0.15) is 11.9 Å². The summed E-state index contributed by atoms with van der Waals surface area (Å²) in [5.74, 6) is -0.360. The summed E-state index contributed by atoms with van der Waals surface area (Å²) in [6.07, 6.45) is 2.92. The lowest BCUT2D eigenvalue weighted by Crippen LogP contribution is -2.52. The molecule has 0 unspecified atom stereocenters. The van der Waals surface area contributed by atoms with Crippen LogP contribution in [0.1, 0.15) is 23.1 Å². The van der Waals surface area contributed by atoms with Crippen molar-refractivity contribution in [2.45, 2.75) is 37.9 Å². The van der Waals surface area contributed by atoms with Gasteiger partial charge in [-0.3, -0.25) is 9.59 Å². The average Bonchev–Trinajstić information content (AvgIpc) is 2.84. The number of hydrogen-bond acceptors (Lipinski definition) is 5. The molecular formula is C25H27Cl2N5O2. The number of nitrogens with one attached hydrogen (secondary N) is 2. The second-order valence-electron chi connectivity index (χ2n) is 7.95. The number of benzene rings is 2. The molecule has 1 heterocycles. The Hall–Kier alpha value is -3.13. The van der Waals surface area contributed by atoms with Crippen molar-refractivity contribution in [1.29, 1.82) is 0 Å². The average molecular weight is 500 g/mol. The number of anilines is 1. The number of pyridine rings is 1. The Balaban J connectivity index is 1.66. The van der Waals surface area contributed by atoms with Crippen molar-refractivity contribution in [3.05, 3.63) is 93.6 Å². The van der Waals surface area contributed by atoms with Crippen LogP contribution in [0.25, 0.3) is 0 Å². The Labute approximate surface area is 208 Å². The lowest BCUT2D eigenvalue weighted by atomic mass is 10.0. The van der Waals surface area contributed by atoms with Crippen LogP contribution in [0.2, 0.25) is 10.0 Å². The van der Waals surface area contributed by atoms with E-state index in [2.05, 4.69) is 15.6 Å². The topological polar surface area (TPSA) is 123 Å². The van der Waals surface area contributed by atoms with Gasteiger partial charge >= 0.3 is 0 Å². The fourth-order valence-electron chi connectivity index (χ4n) is 3.34. The molecule has 178 valence electrons. The van der Waals surface area contributed by atoms with Crippen molar-refractivity contribution in [2.24, 2.45) is 5.73 Å². The zero-order valence-corrected chi connectivity index (χ0v) is 20.0. The highest BCUT2D eigenvalue weighted by Crippen LogP contribution is 2.23. The number of carbonyl (C=O) groups excluding carboxylic acids is 2. The number of nitrogens with two attached hydrogens (primary N) is 2. The summed E-state index contributed by atoms with van der Waals surface area (Å²) in [5.41, 5.74) is 14.4. The zero-order valence-electron chi connectivity index (χ0n) is 18.5. The molecule has 7 nitrogen and oxygen atoms in total. The predicted molar refractivity (Wildman–Crippen MR) is 135 cm³/mol. The molecule has 2 aromatic carbocycles. The van der Waals surface area contributed by atoms with E-state index in [1.165, 1.54) is 0 Å². The van der Waals surface area contributed by atoms with E-state index in [-0.39, 0.29) is 18.9 Å². The SMILES string of the molecule is Nc1ccc(CNC(=O)[C@@H](Cc2ccc(Cl)c(Cl)c2)NC(=O)[C@@H](N)CCc2ccccc2)cn1. The number of hydrogen-bond donors (Lipinski definition) is 4. The lowest BCUT2D eigenvalue weighted by molar-refractivity contribution is -0.129. The maximum Gasteiger partial charge on any atom is 0.243 e. The van der Waals surface area contributed by atoms with Crippen LogP contribution < -0.4 is 22.1 Å². The molecule has 0 spiro atoms. The van der Waals surface area contributed by atoms with Crippen molar-refractivity contribution in [3.63, 3.8) is 0 Å². The van der Waals surface area contributed by atoms with Gasteiger partial charge in [0, 0.05) is 19.2 Å². The first-order chi connectivity index (χ1) is 16.3. The largest absolute Gasteiger partial charge is 0.384 e. The molecule has 9 heteroatoms. The monoisotopic (exact) mass is 499 g/mol. The van der Waals surface area contributed by atoms with Gasteiger partial charge in [-0.25, -0.2) is 4.98 Å². The third kappa shape index (κ3) is 7.73. The van der Waals surface area contributed by atoms with Gasteiger partial charge in [-0.1, -0.05) is 65.7 Å². The van der Waals surface area contributed by atoms with Gasteiger partial charge in [0.25, 0.3) is 0 Å². The minimum atomic E-state index is -0.853. The van der Waals surface area contributed by atoms with Gasteiger partial charge in [-0.2, -0.15) is 0 Å². The fourth-order valence-corrected chi connectivity index (χ4v) is 3.66.